The van der Waals surface area contributed by atoms with Crippen LogP contribution in [0.2, 0.25) is 0 Å². The fraction of sp³-hybridized carbons (Fsp3) is 0.333. The number of ether oxygens (including phenoxy) is 1. The fourth-order valence-electron chi connectivity index (χ4n) is 0.533. The van der Waals surface area contributed by atoms with Gasteiger partial charge in [-0.05, 0) is 6.92 Å². The van der Waals surface area contributed by atoms with Crippen LogP contribution >= 0.6 is 0 Å². The lowest BCUT2D eigenvalue weighted by Crippen LogP contribution is -1.94. The van der Waals surface area contributed by atoms with Crippen LogP contribution in [0.4, 0.5) is 0 Å². The van der Waals surface area contributed by atoms with Crippen LogP contribution in [0.3, 0.4) is 0 Å². The molecule has 10 heavy (non-hydrogen) atoms. The molecular formula is C6H7N2O2. The highest BCUT2D eigenvalue weighted by Crippen LogP contribution is 2.07. The highest BCUT2D eigenvalue weighted by atomic mass is 16.5. The summed E-state index contributed by atoms with van der Waals surface area (Å²) in [5, 5.41) is 17.1. The first-order chi connectivity index (χ1) is 4.83. The van der Waals surface area contributed by atoms with E-state index in [2.05, 4.69) is 10.2 Å². The van der Waals surface area contributed by atoms with Gasteiger partial charge >= 0.3 is 0 Å². The maximum absolute atomic E-state index is 10.4. The SMILES string of the molecule is CCOc1ccc([O])nn1. The topological polar surface area (TPSA) is 54.9 Å². The molecule has 0 unspecified atom stereocenters. The van der Waals surface area contributed by atoms with E-state index >= 15 is 0 Å². The van der Waals surface area contributed by atoms with Crippen LogP contribution in [0.15, 0.2) is 12.1 Å². The molecule has 1 aromatic rings. The van der Waals surface area contributed by atoms with E-state index in [1.54, 1.807) is 0 Å². The Morgan fingerprint density at radius 3 is 2.80 bits per heavy atom. The van der Waals surface area contributed by atoms with Crippen LogP contribution in [-0.2, 0) is 5.11 Å². The molecule has 0 fully saturated rings. The Morgan fingerprint density at radius 1 is 1.50 bits per heavy atom. The summed E-state index contributed by atoms with van der Waals surface area (Å²) in [5.41, 5.74) is 0. The molecule has 0 aliphatic carbocycles. The van der Waals surface area contributed by atoms with Gasteiger partial charge in [0.05, 0.1) is 6.61 Å². The lowest BCUT2D eigenvalue weighted by atomic mass is 10.5. The second-order valence-electron chi connectivity index (χ2n) is 1.64. The standard InChI is InChI=1S/C6H7N2O2/c1-2-10-6-4-3-5(9)7-8-6/h3-4H,2H2,1H3. The van der Waals surface area contributed by atoms with E-state index in [0.29, 0.717) is 12.5 Å². The number of rotatable bonds is 2. The minimum absolute atomic E-state index is 0.344. The molecular weight excluding hydrogens is 132 g/mol. The monoisotopic (exact) mass is 139 g/mol. The summed E-state index contributed by atoms with van der Waals surface area (Å²) in [6, 6.07) is 2.82. The van der Waals surface area contributed by atoms with Crippen molar-refractivity contribution in [3.05, 3.63) is 12.1 Å². The predicted octanol–water partition coefficient (Wildman–Crippen LogP) is 1.02. The second-order valence-corrected chi connectivity index (χ2v) is 1.64. The molecule has 0 aliphatic heterocycles. The molecule has 0 amide bonds. The van der Waals surface area contributed by atoms with Crippen molar-refractivity contribution >= 4 is 0 Å². The molecule has 1 heterocycles. The van der Waals surface area contributed by atoms with Crippen molar-refractivity contribution < 1.29 is 9.84 Å². The van der Waals surface area contributed by atoms with E-state index in [1.807, 2.05) is 6.92 Å². The third kappa shape index (κ3) is 1.58. The van der Waals surface area contributed by atoms with Crippen molar-refractivity contribution in [1.82, 2.24) is 10.2 Å². The zero-order valence-corrected chi connectivity index (χ0v) is 5.57. The summed E-state index contributed by atoms with van der Waals surface area (Å²) in [6.07, 6.45) is 0. The molecule has 0 N–H and O–H groups in total. The summed E-state index contributed by atoms with van der Waals surface area (Å²) in [4.78, 5) is 0. The van der Waals surface area contributed by atoms with Crippen LogP contribution in [0.25, 0.3) is 0 Å². The molecule has 1 radical (unpaired) electrons. The molecule has 0 bridgehead atoms. The highest BCUT2D eigenvalue weighted by Gasteiger charge is 1.94. The van der Waals surface area contributed by atoms with Gasteiger partial charge in [0.1, 0.15) is 0 Å². The maximum atomic E-state index is 10.4. The molecule has 0 aliphatic rings. The van der Waals surface area contributed by atoms with Crippen molar-refractivity contribution in [1.29, 1.82) is 0 Å². The van der Waals surface area contributed by atoms with Crippen LogP contribution in [0.5, 0.6) is 11.8 Å². The lowest BCUT2D eigenvalue weighted by Gasteiger charge is -1.97. The fourth-order valence-corrected chi connectivity index (χ4v) is 0.533. The Hall–Kier alpha value is -1.32. The largest absolute Gasteiger partial charge is 0.477 e. The van der Waals surface area contributed by atoms with E-state index in [1.165, 1.54) is 12.1 Å². The molecule has 4 nitrogen and oxygen atoms in total. The first-order valence-electron chi connectivity index (χ1n) is 2.96. The average molecular weight is 139 g/mol. The predicted molar refractivity (Wildman–Crippen MR) is 33.3 cm³/mol. The normalized spacial score (nSPS) is 9.30. The molecule has 0 aromatic carbocycles. The molecule has 4 heteroatoms. The van der Waals surface area contributed by atoms with E-state index in [0.717, 1.165) is 0 Å². The minimum atomic E-state index is -0.344. The van der Waals surface area contributed by atoms with Crippen LogP contribution in [0, 0.1) is 0 Å². The van der Waals surface area contributed by atoms with E-state index in [9.17, 15) is 5.11 Å². The Morgan fingerprint density at radius 2 is 2.30 bits per heavy atom. The molecule has 0 atom stereocenters. The molecule has 53 valence electrons. The van der Waals surface area contributed by atoms with Gasteiger partial charge in [0.2, 0.25) is 5.88 Å². The first kappa shape index (κ1) is 6.80. The molecule has 1 rings (SSSR count). The molecule has 0 saturated carbocycles. The Kier molecular flexibility index (Phi) is 2.04. The Balaban J connectivity index is 2.69. The number of hydrogen-bond acceptors (Lipinski definition) is 3. The van der Waals surface area contributed by atoms with Gasteiger partial charge in [0.25, 0.3) is 5.88 Å². The third-order valence-corrected chi connectivity index (χ3v) is 0.908. The summed E-state index contributed by atoms with van der Waals surface area (Å²) in [6.45, 7) is 2.37. The van der Waals surface area contributed by atoms with Gasteiger partial charge in [-0.1, -0.05) is 0 Å². The van der Waals surface area contributed by atoms with Crippen LogP contribution < -0.4 is 4.74 Å². The van der Waals surface area contributed by atoms with Crippen molar-refractivity contribution in [2.75, 3.05) is 6.61 Å². The quantitative estimate of drug-likeness (QED) is 0.614. The average Bonchev–Trinajstić information content (AvgIpc) is 1.95. The number of aromatic nitrogens is 2. The van der Waals surface area contributed by atoms with Gasteiger partial charge in [-0.2, -0.15) is 0 Å². The van der Waals surface area contributed by atoms with Gasteiger partial charge in [0.15, 0.2) is 0 Å². The number of hydrogen-bond donors (Lipinski definition) is 0. The summed E-state index contributed by atoms with van der Waals surface area (Å²) in [5.74, 6) is 0.0468. The molecule has 1 aromatic heterocycles. The maximum Gasteiger partial charge on any atom is 0.288 e. The van der Waals surface area contributed by atoms with Gasteiger partial charge in [0, 0.05) is 12.1 Å². The molecule has 0 saturated heterocycles. The minimum Gasteiger partial charge on any atom is -0.477 e. The highest BCUT2D eigenvalue weighted by molar-refractivity contribution is 5.13. The zero-order chi connectivity index (χ0) is 7.40. The molecule has 0 spiro atoms. The Bertz CT molecular complexity index is 197. The van der Waals surface area contributed by atoms with Gasteiger partial charge in [-0.3, -0.25) is 5.11 Å². The smallest absolute Gasteiger partial charge is 0.288 e. The van der Waals surface area contributed by atoms with E-state index < -0.39 is 0 Å². The Labute approximate surface area is 58.5 Å². The second kappa shape index (κ2) is 3.00. The van der Waals surface area contributed by atoms with Crippen molar-refractivity contribution in [3.8, 4) is 11.8 Å². The van der Waals surface area contributed by atoms with Gasteiger partial charge < -0.3 is 4.74 Å². The summed E-state index contributed by atoms with van der Waals surface area (Å²) in [7, 11) is 0. The van der Waals surface area contributed by atoms with Crippen molar-refractivity contribution in [2.45, 2.75) is 6.92 Å². The van der Waals surface area contributed by atoms with Crippen LogP contribution in [-0.4, -0.2) is 16.8 Å². The zero-order valence-electron chi connectivity index (χ0n) is 5.57. The third-order valence-electron chi connectivity index (χ3n) is 0.908. The van der Waals surface area contributed by atoms with Crippen molar-refractivity contribution in [2.24, 2.45) is 0 Å². The van der Waals surface area contributed by atoms with Crippen molar-refractivity contribution in [3.63, 3.8) is 0 Å². The van der Waals surface area contributed by atoms with E-state index in [-0.39, 0.29) is 5.88 Å². The summed E-state index contributed by atoms with van der Waals surface area (Å²) >= 11 is 0. The summed E-state index contributed by atoms with van der Waals surface area (Å²) < 4.78 is 4.95. The number of nitrogens with zero attached hydrogens (tertiary/aromatic N) is 2. The van der Waals surface area contributed by atoms with E-state index in [4.69, 9.17) is 4.74 Å². The lowest BCUT2D eigenvalue weighted by molar-refractivity contribution is 0.304. The van der Waals surface area contributed by atoms with Gasteiger partial charge in [-0.25, -0.2) is 0 Å². The van der Waals surface area contributed by atoms with Crippen LogP contribution in [0.1, 0.15) is 6.92 Å². The first-order valence-corrected chi connectivity index (χ1v) is 2.96. The van der Waals surface area contributed by atoms with Gasteiger partial charge in [-0.15, -0.1) is 10.2 Å².